The van der Waals surface area contributed by atoms with Crippen LogP contribution in [0, 0.1) is 24.0 Å². The first-order chi connectivity index (χ1) is 17.9. The number of carbonyl (C=O) groups is 1. The van der Waals surface area contributed by atoms with Crippen LogP contribution in [0.1, 0.15) is 26.6 Å². The summed E-state index contributed by atoms with van der Waals surface area (Å²) in [6.07, 6.45) is 4.05. The molecule has 11 heteroatoms. The van der Waals surface area contributed by atoms with Gasteiger partial charge in [0.25, 0.3) is 0 Å². The molecule has 2 atom stereocenters. The second-order valence-corrected chi connectivity index (χ2v) is 8.71. The predicted molar refractivity (Wildman–Crippen MR) is 142 cm³/mol. The summed E-state index contributed by atoms with van der Waals surface area (Å²) in [6.45, 7) is 5.00. The lowest BCUT2D eigenvalue weighted by Crippen LogP contribution is -2.45. The highest BCUT2D eigenvalue weighted by Gasteiger charge is 2.35. The maximum absolute atomic E-state index is 14.1. The summed E-state index contributed by atoms with van der Waals surface area (Å²) in [5.74, 6) is -0.942. The van der Waals surface area contributed by atoms with Crippen LogP contribution >= 0.6 is 0 Å². The second kappa shape index (κ2) is 11.8. The van der Waals surface area contributed by atoms with E-state index in [-0.39, 0.29) is 26.9 Å². The SMILES string of the molecule is CCO[C@H]1CN(Cc2c(F)cccc2F)C[C@@H]1NC(=O)Nc1cc(C=N)c(Nc2ccnc(C)c2)cn1.[HH].[HH]. The third kappa shape index (κ3) is 6.63. The minimum atomic E-state index is -0.604. The van der Waals surface area contributed by atoms with E-state index in [1.54, 1.807) is 18.3 Å². The standard InChI is InChI=1S/C26H29F2N7O2.2H2/c1-3-37-24-15-35(13-19-20(27)5-4-6-21(19)28)14-23(24)33-26(36)34-25-10-17(11-29)22(12-31-25)32-18-7-8-30-16(2)9-18;;/h4-12,23-24,29H,3,13-15H2,1-2H3,(H,30,32)(H2,31,33,34,36);2*1H/t23-,24-;;/m0../s1. The molecule has 4 N–H and O–H groups in total. The average molecular weight is 514 g/mol. The van der Waals surface area contributed by atoms with Gasteiger partial charge in [-0.05, 0) is 44.2 Å². The normalized spacial score (nSPS) is 17.4. The molecule has 1 aliphatic rings. The lowest BCUT2D eigenvalue weighted by atomic mass is 10.2. The van der Waals surface area contributed by atoms with E-state index in [0.29, 0.717) is 30.9 Å². The third-order valence-electron chi connectivity index (χ3n) is 5.99. The van der Waals surface area contributed by atoms with Crippen LogP contribution in [0.5, 0.6) is 0 Å². The zero-order chi connectivity index (χ0) is 26.4. The smallest absolute Gasteiger partial charge is 0.320 e. The van der Waals surface area contributed by atoms with Gasteiger partial charge < -0.3 is 20.8 Å². The molecule has 1 saturated heterocycles. The number of urea groups is 1. The number of nitrogens with one attached hydrogen (secondary N) is 4. The highest BCUT2D eigenvalue weighted by molar-refractivity contribution is 5.92. The zero-order valence-corrected chi connectivity index (χ0v) is 20.6. The summed E-state index contributed by atoms with van der Waals surface area (Å²) in [5.41, 5.74) is 2.78. The fourth-order valence-electron chi connectivity index (χ4n) is 4.27. The zero-order valence-electron chi connectivity index (χ0n) is 20.6. The molecule has 1 aromatic carbocycles. The molecule has 37 heavy (non-hydrogen) atoms. The largest absolute Gasteiger partial charge is 0.375 e. The molecule has 1 aliphatic heterocycles. The van der Waals surface area contributed by atoms with Crippen molar-refractivity contribution in [1.82, 2.24) is 20.2 Å². The summed E-state index contributed by atoms with van der Waals surface area (Å²) < 4.78 is 34.0. The van der Waals surface area contributed by atoms with Crippen LogP contribution in [0.25, 0.3) is 0 Å². The molecule has 0 bridgehead atoms. The molecule has 0 radical (unpaired) electrons. The molecule has 0 aliphatic carbocycles. The lowest BCUT2D eigenvalue weighted by molar-refractivity contribution is 0.0549. The molecule has 0 spiro atoms. The molecule has 2 aromatic heterocycles. The number of nitrogens with zero attached hydrogens (tertiary/aromatic N) is 3. The van der Waals surface area contributed by atoms with Gasteiger partial charge >= 0.3 is 6.03 Å². The van der Waals surface area contributed by atoms with E-state index in [0.717, 1.165) is 11.4 Å². The number of amides is 2. The molecule has 4 rings (SSSR count). The van der Waals surface area contributed by atoms with Crippen molar-refractivity contribution in [1.29, 1.82) is 5.41 Å². The van der Waals surface area contributed by atoms with Crippen molar-refractivity contribution in [3.05, 3.63) is 77.2 Å². The van der Waals surface area contributed by atoms with Gasteiger partial charge in [-0.15, -0.1) is 0 Å². The van der Waals surface area contributed by atoms with Crippen LogP contribution in [0.4, 0.5) is 30.8 Å². The van der Waals surface area contributed by atoms with Gasteiger partial charge in [0.05, 0.1) is 24.0 Å². The van der Waals surface area contributed by atoms with Crippen LogP contribution in [0.2, 0.25) is 0 Å². The van der Waals surface area contributed by atoms with E-state index in [1.807, 2.05) is 24.8 Å². The van der Waals surface area contributed by atoms with E-state index < -0.39 is 23.7 Å². The molecule has 2 amide bonds. The van der Waals surface area contributed by atoms with Gasteiger partial charge in [0.2, 0.25) is 0 Å². The first-order valence-electron chi connectivity index (χ1n) is 11.9. The number of likely N-dealkylation sites (tertiary alicyclic amines) is 1. The van der Waals surface area contributed by atoms with Crippen molar-refractivity contribution in [2.45, 2.75) is 32.5 Å². The van der Waals surface area contributed by atoms with E-state index in [1.165, 1.54) is 30.6 Å². The molecule has 3 heterocycles. The quantitative estimate of drug-likeness (QED) is 0.308. The number of carbonyl (C=O) groups excluding carboxylic acids is 1. The first-order valence-corrected chi connectivity index (χ1v) is 11.9. The van der Waals surface area contributed by atoms with Crippen LogP contribution in [0.15, 0.2) is 48.8 Å². The fraction of sp³-hybridized carbons (Fsp3) is 0.308. The number of rotatable bonds is 9. The summed E-state index contributed by atoms with van der Waals surface area (Å²) in [7, 11) is 0. The number of ether oxygens (including phenoxy) is 1. The summed E-state index contributed by atoms with van der Waals surface area (Å²) >= 11 is 0. The van der Waals surface area contributed by atoms with Gasteiger partial charge in [-0.2, -0.15) is 0 Å². The van der Waals surface area contributed by atoms with Crippen molar-refractivity contribution < 1.29 is 21.2 Å². The van der Waals surface area contributed by atoms with Crippen molar-refractivity contribution >= 4 is 29.4 Å². The molecular formula is C26H33F2N7O2. The Hall–Kier alpha value is -3.96. The van der Waals surface area contributed by atoms with Crippen molar-refractivity contribution in [3.63, 3.8) is 0 Å². The molecule has 3 aromatic rings. The molecule has 9 nitrogen and oxygen atoms in total. The van der Waals surface area contributed by atoms with E-state index in [9.17, 15) is 13.6 Å². The maximum Gasteiger partial charge on any atom is 0.320 e. The minimum absolute atomic E-state index is 0. The number of benzene rings is 1. The predicted octanol–water partition coefficient (Wildman–Crippen LogP) is 4.71. The highest BCUT2D eigenvalue weighted by atomic mass is 19.1. The van der Waals surface area contributed by atoms with Gasteiger partial charge in [-0.3, -0.25) is 15.2 Å². The molecular weight excluding hydrogens is 480 g/mol. The Bertz CT molecular complexity index is 1260. The number of pyridine rings is 2. The van der Waals surface area contributed by atoms with Crippen molar-refractivity contribution in [2.24, 2.45) is 0 Å². The highest BCUT2D eigenvalue weighted by Crippen LogP contribution is 2.23. The van der Waals surface area contributed by atoms with E-state index in [2.05, 4.69) is 25.9 Å². The van der Waals surface area contributed by atoms with Crippen LogP contribution in [-0.4, -0.2) is 59.0 Å². The Labute approximate surface area is 216 Å². The van der Waals surface area contributed by atoms with Crippen LogP contribution in [-0.2, 0) is 11.3 Å². The average Bonchev–Trinajstić information content (AvgIpc) is 3.23. The Morgan fingerprint density at radius 1 is 1.24 bits per heavy atom. The van der Waals surface area contributed by atoms with Crippen LogP contribution < -0.4 is 16.0 Å². The fourth-order valence-corrected chi connectivity index (χ4v) is 4.27. The number of anilines is 3. The second-order valence-electron chi connectivity index (χ2n) is 8.71. The number of aromatic nitrogens is 2. The Morgan fingerprint density at radius 3 is 2.73 bits per heavy atom. The number of hydrogen-bond donors (Lipinski definition) is 4. The summed E-state index contributed by atoms with van der Waals surface area (Å²) in [5, 5.41) is 16.5. The first kappa shape index (κ1) is 26.1. The number of hydrogen-bond acceptors (Lipinski definition) is 7. The molecule has 0 unspecified atom stereocenters. The van der Waals surface area contributed by atoms with Gasteiger partial charge in [-0.1, -0.05) is 6.07 Å². The minimum Gasteiger partial charge on any atom is -0.375 e. The maximum atomic E-state index is 14.1. The van der Waals surface area contributed by atoms with Gasteiger partial charge in [0.15, 0.2) is 0 Å². The monoisotopic (exact) mass is 513 g/mol. The van der Waals surface area contributed by atoms with E-state index in [4.69, 9.17) is 10.1 Å². The summed E-state index contributed by atoms with van der Waals surface area (Å²) in [4.78, 5) is 23.1. The van der Waals surface area contributed by atoms with E-state index >= 15 is 0 Å². The van der Waals surface area contributed by atoms with Crippen LogP contribution in [0.3, 0.4) is 0 Å². The van der Waals surface area contributed by atoms with Crippen molar-refractivity contribution in [2.75, 3.05) is 30.3 Å². The number of aryl methyl sites for hydroxylation is 1. The lowest BCUT2D eigenvalue weighted by Gasteiger charge is -2.20. The topological polar surface area (TPSA) is 115 Å². The van der Waals surface area contributed by atoms with Gasteiger partial charge in [-0.25, -0.2) is 18.6 Å². The van der Waals surface area contributed by atoms with Gasteiger partial charge in [0, 0.05) is 64.0 Å². The molecule has 0 saturated carbocycles. The molecule has 198 valence electrons. The Morgan fingerprint density at radius 2 is 2.03 bits per heavy atom. The molecule has 1 fully saturated rings. The Balaban J connectivity index is 0.00000267. The number of halogens is 2. The Kier molecular flexibility index (Phi) is 8.36. The van der Waals surface area contributed by atoms with Crippen molar-refractivity contribution in [3.8, 4) is 0 Å². The van der Waals surface area contributed by atoms with Gasteiger partial charge in [0.1, 0.15) is 17.5 Å². The third-order valence-corrected chi connectivity index (χ3v) is 5.99. The summed E-state index contributed by atoms with van der Waals surface area (Å²) in [6, 6.07) is 8.16.